The number of amides is 4. The van der Waals surface area contributed by atoms with Crippen LogP contribution in [-0.2, 0) is 21.2 Å². The van der Waals surface area contributed by atoms with Gasteiger partial charge in [-0.25, -0.2) is 22.3 Å². The van der Waals surface area contributed by atoms with Gasteiger partial charge in [-0.1, -0.05) is 36.4 Å². The van der Waals surface area contributed by atoms with Gasteiger partial charge in [0.15, 0.2) is 5.78 Å². The summed E-state index contributed by atoms with van der Waals surface area (Å²) in [6, 6.07) is 15.8. The number of ketones is 1. The molecule has 0 radical (unpaired) electrons. The van der Waals surface area contributed by atoms with E-state index in [0.29, 0.717) is 17.7 Å². The zero-order valence-corrected chi connectivity index (χ0v) is 26.2. The van der Waals surface area contributed by atoms with Crippen molar-refractivity contribution in [1.29, 1.82) is 0 Å². The molecule has 5 rings (SSSR count). The molecule has 0 saturated carbocycles. The number of carbonyl (C=O) groups excluding carboxylic acids is 4. The molecule has 1 fully saturated rings. The summed E-state index contributed by atoms with van der Waals surface area (Å²) in [5.74, 6) is -0.820. The van der Waals surface area contributed by atoms with Crippen LogP contribution in [0.15, 0.2) is 71.6 Å². The number of urea groups is 1. The van der Waals surface area contributed by atoms with E-state index in [1.165, 1.54) is 42.2 Å². The van der Waals surface area contributed by atoms with Crippen molar-refractivity contribution in [3.8, 4) is 0 Å². The van der Waals surface area contributed by atoms with E-state index in [1.807, 2.05) is 30.3 Å². The summed E-state index contributed by atoms with van der Waals surface area (Å²) < 4.78 is 33.0. The Morgan fingerprint density at radius 2 is 1.76 bits per heavy atom. The van der Waals surface area contributed by atoms with E-state index < -0.39 is 51.5 Å². The minimum atomic E-state index is -4.15. The molecular weight excluding hydrogens is 598 g/mol. The molecule has 12 nitrogen and oxygen atoms in total. The summed E-state index contributed by atoms with van der Waals surface area (Å²) >= 11 is 0. The average Bonchev–Trinajstić information content (AvgIpc) is 3.59. The van der Waals surface area contributed by atoms with Crippen LogP contribution in [0, 0.1) is 0 Å². The Labute approximate surface area is 261 Å². The molecule has 3 aromatic rings. The first-order valence-electron chi connectivity index (χ1n) is 14.4. The molecule has 0 aromatic heterocycles. The Balaban J connectivity index is 1.29. The number of carbonyl (C=O) groups is 4. The first-order chi connectivity index (χ1) is 21.2. The maximum absolute atomic E-state index is 13.5. The average molecular weight is 634 g/mol. The minimum Gasteiger partial charge on any atom is -0.444 e. The fourth-order valence-electron chi connectivity index (χ4n) is 5.33. The summed E-state index contributed by atoms with van der Waals surface area (Å²) in [5, 5.41) is 5.22. The predicted molar refractivity (Wildman–Crippen MR) is 167 cm³/mol. The summed E-state index contributed by atoms with van der Waals surface area (Å²) in [4.78, 5) is 52.7. The summed E-state index contributed by atoms with van der Waals surface area (Å²) in [7, 11) is -4.15. The van der Waals surface area contributed by atoms with Crippen LogP contribution in [0.1, 0.15) is 65.6 Å². The molecule has 0 aliphatic carbocycles. The number of ether oxygens (including phenoxy) is 1. The predicted octanol–water partition coefficient (Wildman–Crippen LogP) is 4.02. The van der Waals surface area contributed by atoms with Crippen LogP contribution >= 0.6 is 0 Å². The molecule has 4 amide bonds. The molecule has 2 unspecified atom stereocenters. The molecule has 0 spiro atoms. The molecule has 236 valence electrons. The third-order valence-electron chi connectivity index (χ3n) is 7.55. The van der Waals surface area contributed by atoms with Crippen molar-refractivity contribution in [2.24, 2.45) is 0 Å². The van der Waals surface area contributed by atoms with Gasteiger partial charge in [-0.2, -0.15) is 0 Å². The first kappa shape index (κ1) is 31.5. The Hall–Kier alpha value is -4.91. The molecule has 2 heterocycles. The van der Waals surface area contributed by atoms with Gasteiger partial charge in [-0.05, 0) is 75.6 Å². The number of sulfonamides is 1. The number of nitrogens with zero attached hydrogens (tertiary/aromatic N) is 2. The highest BCUT2D eigenvalue weighted by Gasteiger charge is 2.39. The number of alkyl carbamates (subject to hydrolysis) is 1. The summed E-state index contributed by atoms with van der Waals surface area (Å²) in [6.07, 6.45) is -0.333. The van der Waals surface area contributed by atoms with Crippen molar-refractivity contribution >= 4 is 45.2 Å². The molecule has 4 N–H and O–H groups in total. The lowest BCUT2D eigenvalue weighted by Crippen LogP contribution is -2.41. The topological polar surface area (TPSA) is 168 Å². The fourth-order valence-corrected chi connectivity index (χ4v) is 6.73. The standard InChI is InChI=1S/C32H35N5O7S/c1-19(34-31(41)44-32(2,3)4)28(38)22-10-12-24(25(33)17-22)29(39)36-15-14-21-16-23(11-13-27(21)36)45(42,43)37-18-26(35-30(37)40)20-8-6-5-7-9-20/h5-13,16-17,19,26H,14-15,18,33H2,1-4H3,(H,34,41)(H,35,40). The van der Waals surface area contributed by atoms with Crippen molar-refractivity contribution in [2.45, 2.75) is 56.7 Å². The number of hydrogen-bond donors (Lipinski definition) is 3. The van der Waals surface area contributed by atoms with E-state index >= 15 is 0 Å². The van der Waals surface area contributed by atoms with Gasteiger partial charge in [0.1, 0.15) is 5.60 Å². The Morgan fingerprint density at radius 3 is 2.42 bits per heavy atom. The van der Waals surface area contributed by atoms with Gasteiger partial charge >= 0.3 is 12.1 Å². The smallest absolute Gasteiger partial charge is 0.408 e. The maximum atomic E-state index is 13.5. The van der Waals surface area contributed by atoms with Gasteiger partial charge in [-0.15, -0.1) is 0 Å². The van der Waals surface area contributed by atoms with Gasteiger partial charge in [0.2, 0.25) is 0 Å². The molecular formula is C32H35N5O7S. The largest absolute Gasteiger partial charge is 0.444 e. The number of benzene rings is 3. The number of rotatable bonds is 7. The minimum absolute atomic E-state index is 0.0412. The fraction of sp³-hybridized carbons (Fsp3) is 0.312. The Bertz CT molecular complexity index is 1790. The van der Waals surface area contributed by atoms with Crippen molar-refractivity contribution in [3.05, 3.63) is 89.0 Å². The van der Waals surface area contributed by atoms with Crippen LogP contribution in [0.3, 0.4) is 0 Å². The molecule has 45 heavy (non-hydrogen) atoms. The lowest BCUT2D eigenvalue weighted by molar-refractivity contribution is 0.0496. The second-order valence-electron chi connectivity index (χ2n) is 12.0. The van der Waals surface area contributed by atoms with Crippen molar-refractivity contribution in [3.63, 3.8) is 0 Å². The monoisotopic (exact) mass is 633 g/mol. The third kappa shape index (κ3) is 6.48. The molecule has 2 aliphatic heterocycles. The van der Waals surface area contributed by atoms with Crippen LogP contribution in [0.2, 0.25) is 0 Å². The van der Waals surface area contributed by atoms with Gasteiger partial charge in [0.05, 0.1) is 29.1 Å². The van der Waals surface area contributed by atoms with Crippen molar-refractivity contribution in [1.82, 2.24) is 14.9 Å². The molecule has 0 bridgehead atoms. The number of Topliss-reactive ketones (excluding diaryl/α,β-unsaturated/α-hetero) is 1. The van der Waals surface area contributed by atoms with Crippen LogP contribution in [0.4, 0.5) is 21.0 Å². The lowest BCUT2D eigenvalue weighted by Gasteiger charge is -2.22. The molecule has 1 saturated heterocycles. The van der Waals surface area contributed by atoms with Crippen LogP contribution in [0.25, 0.3) is 0 Å². The van der Waals surface area contributed by atoms with Crippen LogP contribution in [0.5, 0.6) is 0 Å². The lowest BCUT2D eigenvalue weighted by atomic mass is 10.0. The highest BCUT2D eigenvalue weighted by atomic mass is 32.2. The van der Waals surface area contributed by atoms with E-state index in [2.05, 4.69) is 10.6 Å². The Morgan fingerprint density at radius 1 is 1.04 bits per heavy atom. The molecule has 2 aliphatic rings. The van der Waals surface area contributed by atoms with E-state index in [9.17, 15) is 27.6 Å². The SMILES string of the molecule is CC(NC(=O)OC(C)(C)C)C(=O)c1ccc(C(=O)N2CCc3cc(S(=O)(=O)N4CC(c5ccccc5)NC4=O)ccc32)c(N)c1. The summed E-state index contributed by atoms with van der Waals surface area (Å²) in [6.45, 7) is 6.91. The molecule has 2 atom stereocenters. The number of nitrogen functional groups attached to an aromatic ring is 1. The highest BCUT2D eigenvalue weighted by molar-refractivity contribution is 7.89. The Kier molecular flexibility index (Phi) is 8.32. The number of fused-ring (bicyclic) bond motifs is 1. The van der Waals surface area contributed by atoms with Crippen LogP contribution < -0.4 is 21.3 Å². The highest BCUT2D eigenvalue weighted by Crippen LogP contribution is 2.34. The van der Waals surface area contributed by atoms with E-state index in [0.717, 1.165) is 9.87 Å². The number of hydrogen-bond acceptors (Lipinski definition) is 8. The number of nitrogens with one attached hydrogen (secondary N) is 2. The van der Waals surface area contributed by atoms with E-state index in [4.69, 9.17) is 10.5 Å². The maximum Gasteiger partial charge on any atom is 0.408 e. The zero-order chi connectivity index (χ0) is 32.7. The van der Waals surface area contributed by atoms with Gasteiger partial charge in [-0.3, -0.25) is 9.59 Å². The third-order valence-corrected chi connectivity index (χ3v) is 9.29. The first-order valence-corrected chi connectivity index (χ1v) is 15.9. The molecule has 13 heteroatoms. The number of anilines is 2. The van der Waals surface area contributed by atoms with Gasteiger partial charge in [0.25, 0.3) is 15.9 Å². The number of nitrogens with two attached hydrogens (primary N) is 1. The van der Waals surface area contributed by atoms with Crippen molar-refractivity contribution in [2.75, 3.05) is 23.7 Å². The van der Waals surface area contributed by atoms with E-state index in [-0.39, 0.29) is 34.8 Å². The van der Waals surface area contributed by atoms with E-state index in [1.54, 1.807) is 26.8 Å². The summed E-state index contributed by atoms with van der Waals surface area (Å²) in [5.41, 5.74) is 7.92. The van der Waals surface area contributed by atoms with Crippen LogP contribution in [-0.4, -0.2) is 61.3 Å². The van der Waals surface area contributed by atoms with Gasteiger partial charge in [0, 0.05) is 23.5 Å². The second-order valence-corrected chi connectivity index (χ2v) is 13.8. The zero-order valence-electron chi connectivity index (χ0n) is 25.4. The van der Waals surface area contributed by atoms with Crippen molar-refractivity contribution < 1.29 is 32.3 Å². The second kappa shape index (κ2) is 11.9. The molecule has 3 aromatic carbocycles. The van der Waals surface area contributed by atoms with Gasteiger partial charge < -0.3 is 26.0 Å². The quantitative estimate of drug-likeness (QED) is 0.259. The normalized spacial score (nSPS) is 17.0.